The lowest BCUT2D eigenvalue weighted by molar-refractivity contribution is 0.00371. The third-order valence-electron chi connectivity index (χ3n) is 2.35. The molecule has 1 aromatic carbocycles. The van der Waals surface area contributed by atoms with Crippen LogP contribution in [0.15, 0.2) is 24.3 Å². The summed E-state index contributed by atoms with van der Waals surface area (Å²) in [5, 5.41) is 0. The molecule has 18 heavy (non-hydrogen) atoms. The molecule has 0 unspecified atom stereocenters. The summed E-state index contributed by atoms with van der Waals surface area (Å²) in [6.45, 7) is 5.77. The van der Waals surface area contributed by atoms with Gasteiger partial charge in [-0.3, -0.25) is 0 Å². The highest BCUT2D eigenvalue weighted by molar-refractivity contribution is 6.61. The fraction of sp³-hybridized carbons (Fsp3) is 0.385. The number of esters is 1. The first-order valence-corrected chi connectivity index (χ1v) is 5.78. The first kappa shape index (κ1) is 14.5. The van der Waals surface area contributed by atoms with Gasteiger partial charge in [0.2, 0.25) is 6.79 Å². The van der Waals surface area contributed by atoms with Gasteiger partial charge in [-0.2, -0.15) is 0 Å². The second-order valence-corrected chi connectivity index (χ2v) is 5.07. The Balaban J connectivity index is 2.62. The molecule has 0 fully saturated rings. The molecule has 0 bridgehead atoms. The molecule has 0 aromatic heterocycles. The fourth-order valence-electron chi connectivity index (χ4n) is 1.32. The number of hydrogen-bond acceptors (Lipinski definition) is 4. The van der Waals surface area contributed by atoms with Crippen LogP contribution in [0.4, 0.5) is 4.79 Å². The lowest BCUT2D eigenvalue weighted by Crippen LogP contribution is -2.13. The lowest BCUT2D eigenvalue weighted by atomic mass is 9.87. The molecule has 0 radical (unpaired) electrons. The molecule has 0 atom stereocenters. The maximum atomic E-state index is 11.5. The van der Waals surface area contributed by atoms with Crippen LogP contribution in [0.1, 0.15) is 36.7 Å². The first-order valence-electron chi connectivity index (χ1n) is 5.40. The van der Waals surface area contributed by atoms with Gasteiger partial charge in [0.15, 0.2) is 0 Å². The van der Waals surface area contributed by atoms with E-state index in [1.165, 1.54) is 0 Å². The van der Waals surface area contributed by atoms with Crippen molar-refractivity contribution in [2.75, 3.05) is 6.79 Å². The highest BCUT2D eigenvalue weighted by Crippen LogP contribution is 2.22. The number of ether oxygens (including phenoxy) is 2. The molecule has 0 amide bonds. The molecule has 0 aliphatic carbocycles. The zero-order valence-corrected chi connectivity index (χ0v) is 11.3. The Labute approximate surface area is 111 Å². The zero-order chi connectivity index (χ0) is 13.8. The van der Waals surface area contributed by atoms with Crippen LogP contribution >= 0.6 is 11.6 Å². The Hall–Kier alpha value is -1.55. The quantitative estimate of drug-likeness (QED) is 0.479. The van der Waals surface area contributed by atoms with Gasteiger partial charge in [0.05, 0.1) is 5.56 Å². The Morgan fingerprint density at radius 3 is 2.11 bits per heavy atom. The van der Waals surface area contributed by atoms with Crippen molar-refractivity contribution in [3.63, 3.8) is 0 Å². The Morgan fingerprint density at radius 2 is 1.67 bits per heavy atom. The van der Waals surface area contributed by atoms with Crippen LogP contribution in [0.3, 0.4) is 0 Å². The minimum absolute atomic E-state index is 0.0244. The monoisotopic (exact) mass is 270 g/mol. The molecule has 0 aliphatic heterocycles. The van der Waals surface area contributed by atoms with Crippen molar-refractivity contribution in [2.45, 2.75) is 26.2 Å². The summed E-state index contributed by atoms with van der Waals surface area (Å²) < 4.78 is 8.99. The average molecular weight is 271 g/mol. The third kappa shape index (κ3) is 4.37. The average Bonchev–Trinajstić information content (AvgIpc) is 2.27. The van der Waals surface area contributed by atoms with Gasteiger partial charge >= 0.3 is 11.4 Å². The van der Waals surface area contributed by atoms with Crippen LogP contribution < -0.4 is 0 Å². The van der Waals surface area contributed by atoms with E-state index >= 15 is 0 Å². The van der Waals surface area contributed by atoms with E-state index in [0.29, 0.717) is 5.56 Å². The summed E-state index contributed by atoms with van der Waals surface area (Å²) in [7, 11) is 0. The van der Waals surface area contributed by atoms with Gasteiger partial charge in [0.25, 0.3) is 0 Å². The maximum absolute atomic E-state index is 11.5. The van der Waals surface area contributed by atoms with E-state index in [9.17, 15) is 9.59 Å². The predicted octanol–water partition coefficient (Wildman–Crippen LogP) is 3.47. The van der Waals surface area contributed by atoms with Gasteiger partial charge in [-0.05, 0) is 23.1 Å². The Morgan fingerprint density at radius 1 is 1.11 bits per heavy atom. The molecule has 1 rings (SSSR count). The number of carbonyl (C=O) groups is 2. The van der Waals surface area contributed by atoms with E-state index < -0.39 is 18.2 Å². The maximum Gasteiger partial charge on any atom is 0.406 e. The van der Waals surface area contributed by atoms with Crippen LogP contribution in [0.2, 0.25) is 0 Å². The van der Waals surface area contributed by atoms with E-state index in [-0.39, 0.29) is 5.41 Å². The standard InChI is InChI=1S/C13H15ClO4/c1-13(2,3)10-6-4-9(5-7-10)11(15)17-8-18-12(14)16/h4-7H,8H2,1-3H3. The third-order valence-corrected chi connectivity index (χ3v) is 2.46. The molecule has 4 nitrogen and oxygen atoms in total. The summed E-state index contributed by atoms with van der Waals surface area (Å²) in [4.78, 5) is 21.8. The van der Waals surface area contributed by atoms with Gasteiger partial charge in [0.1, 0.15) is 0 Å². The van der Waals surface area contributed by atoms with Crippen molar-refractivity contribution in [3.05, 3.63) is 35.4 Å². The van der Waals surface area contributed by atoms with Crippen molar-refractivity contribution in [2.24, 2.45) is 0 Å². The number of carbonyl (C=O) groups excluding carboxylic acids is 2. The van der Waals surface area contributed by atoms with Crippen LogP contribution in [-0.4, -0.2) is 18.2 Å². The van der Waals surface area contributed by atoms with Gasteiger partial charge in [-0.25, -0.2) is 9.59 Å². The van der Waals surface area contributed by atoms with Crippen LogP contribution in [0, 0.1) is 0 Å². The van der Waals surface area contributed by atoms with Gasteiger partial charge in [0, 0.05) is 11.6 Å². The number of halogens is 1. The van der Waals surface area contributed by atoms with E-state index in [2.05, 4.69) is 25.5 Å². The van der Waals surface area contributed by atoms with E-state index in [1.807, 2.05) is 12.1 Å². The normalized spacial score (nSPS) is 10.9. The van der Waals surface area contributed by atoms with Crippen molar-refractivity contribution < 1.29 is 19.1 Å². The molecule has 0 saturated carbocycles. The van der Waals surface area contributed by atoms with Crippen molar-refractivity contribution >= 4 is 23.0 Å². The highest BCUT2D eigenvalue weighted by atomic mass is 35.5. The topological polar surface area (TPSA) is 52.6 Å². The highest BCUT2D eigenvalue weighted by Gasteiger charge is 2.14. The van der Waals surface area contributed by atoms with Gasteiger partial charge < -0.3 is 9.47 Å². The molecule has 0 aliphatic rings. The van der Waals surface area contributed by atoms with Crippen LogP contribution in [-0.2, 0) is 14.9 Å². The minimum atomic E-state index is -1.01. The molecule has 98 valence electrons. The second-order valence-electron chi connectivity index (χ2n) is 4.76. The summed E-state index contributed by atoms with van der Waals surface area (Å²) in [6, 6.07) is 7.07. The summed E-state index contributed by atoms with van der Waals surface area (Å²) in [6.07, 6.45) is 0. The Kier molecular flexibility index (Phi) is 4.73. The zero-order valence-electron chi connectivity index (χ0n) is 10.5. The number of hydrogen-bond donors (Lipinski definition) is 0. The molecule has 0 N–H and O–H groups in total. The van der Waals surface area contributed by atoms with Crippen molar-refractivity contribution in [1.29, 1.82) is 0 Å². The molecule has 5 heteroatoms. The molecule has 1 aromatic rings. The SMILES string of the molecule is CC(C)(C)c1ccc(C(=O)OCOC(=O)Cl)cc1. The van der Waals surface area contributed by atoms with E-state index in [4.69, 9.17) is 16.3 Å². The summed E-state index contributed by atoms with van der Waals surface area (Å²) in [5.74, 6) is -0.562. The minimum Gasteiger partial charge on any atom is -0.424 e. The first-order chi connectivity index (χ1) is 8.30. The number of benzene rings is 1. The lowest BCUT2D eigenvalue weighted by Gasteiger charge is -2.18. The predicted molar refractivity (Wildman–Crippen MR) is 67.8 cm³/mol. The largest absolute Gasteiger partial charge is 0.424 e. The van der Waals surface area contributed by atoms with Gasteiger partial charge in [-0.1, -0.05) is 32.9 Å². The smallest absolute Gasteiger partial charge is 0.406 e. The Bertz CT molecular complexity index is 431. The van der Waals surface area contributed by atoms with E-state index in [1.54, 1.807) is 12.1 Å². The van der Waals surface area contributed by atoms with Crippen LogP contribution in [0.25, 0.3) is 0 Å². The fourth-order valence-corrected chi connectivity index (χ4v) is 1.36. The van der Waals surface area contributed by atoms with Crippen molar-refractivity contribution in [1.82, 2.24) is 0 Å². The van der Waals surface area contributed by atoms with Gasteiger partial charge in [-0.15, -0.1) is 0 Å². The van der Waals surface area contributed by atoms with Crippen LogP contribution in [0.5, 0.6) is 0 Å². The van der Waals surface area contributed by atoms with E-state index in [0.717, 1.165) is 5.56 Å². The summed E-state index contributed by atoms with van der Waals surface area (Å²) >= 11 is 4.93. The summed E-state index contributed by atoms with van der Waals surface area (Å²) in [5.41, 5.74) is 0.530. The number of rotatable bonds is 3. The molecule has 0 heterocycles. The molecular weight excluding hydrogens is 256 g/mol. The second kappa shape index (κ2) is 5.87. The molecular formula is C13H15ClO4. The molecule has 0 saturated heterocycles. The molecule has 0 spiro atoms. The van der Waals surface area contributed by atoms with Crippen molar-refractivity contribution in [3.8, 4) is 0 Å².